The van der Waals surface area contributed by atoms with Crippen molar-refractivity contribution in [2.75, 3.05) is 20.1 Å². The first-order valence-corrected chi connectivity index (χ1v) is 8.20. The molecule has 112 valence electrons. The first kappa shape index (κ1) is 15.8. The number of thiophene rings is 1. The Hall–Kier alpha value is -0.580. The number of fused-ring (bicyclic) bond motifs is 1. The van der Waals surface area contributed by atoms with Crippen LogP contribution in [0, 0.1) is 0 Å². The maximum Gasteiger partial charge on any atom is 0.230 e. The second-order valence-corrected chi connectivity index (χ2v) is 6.63. The number of amides is 1. The Morgan fingerprint density at radius 3 is 3.10 bits per heavy atom. The Bertz CT molecular complexity index is 462. The first-order chi connectivity index (χ1) is 9.31. The second-order valence-electron chi connectivity index (χ2n) is 5.63. The van der Waals surface area contributed by atoms with E-state index < -0.39 is 0 Å². The highest BCUT2D eigenvalue weighted by Crippen LogP contribution is 2.37. The molecule has 0 aromatic carbocycles. The number of carbonyl (C=O) groups is 1. The van der Waals surface area contributed by atoms with Crippen molar-refractivity contribution in [2.45, 2.75) is 44.1 Å². The maximum absolute atomic E-state index is 12.8. The number of halogens is 1. The number of likely N-dealkylation sites (tertiary alicyclic amines) is 1. The minimum atomic E-state index is 0. The minimum Gasteiger partial charge on any atom is -0.338 e. The van der Waals surface area contributed by atoms with Gasteiger partial charge in [-0.05, 0) is 56.2 Å². The summed E-state index contributed by atoms with van der Waals surface area (Å²) in [6, 6.07) is 2.58. The highest BCUT2D eigenvalue weighted by molar-refractivity contribution is 7.10. The third-order valence-electron chi connectivity index (χ3n) is 4.45. The van der Waals surface area contributed by atoms with Gasteiger partial charge < -0.3 is 10.2 Å². The van der Waals surface area contributed by atoms with Gasteiger partial charge in [-0.1, -0.05) is 0 Å². The Labute approximate surface area is 131 Å². The molecule has 2 atom stereocenters. The molecule has 0 saturated carbocycles. The molecule has 1 amide bonds. The number of nitrogens with one attached hydrogen (secondary N) is 1. The molecule has 5 heteroatoms. The SMILES string of the molecule is CNCC1CCCN1C(=O)C1CCCc2sccc21.Cl. The molecule has 1 aliphatic carbocycles. The molecular weight excluding hydrogens is 292 g/mol. The first-order valence-electron chi connectivity index (χ1n) is 7.32. The van der Waals surface area contributed by atoms with Crippen molar-refractivity contribution < 1.29 is 4.79 Å². The van der Waals surface area contributed by atoms with Crippen LogP contribution in [0.2, 0.25) is 0 Å². The van der Waals surface area contributed by atoms with Crippen molar-refractivity contribution >= 4 is 29.7 Å². The van der Waals surface area contributed by atoms with E-state index in [1.165, 1.54) is 10.4 Å². The Morgan fingerprint density at radius 1 is 1.45 bits per heavy atom. The lowest BCUT2D eigenvalue weighted by Gasteiger charge is -2.30. The molecule has 2 unspecified atom stereocenters. The lowest BCUT2D eigenvalue weighted by molar-refractivity contribution is -0.133. The van der Waals surface area contributed by atoms with Crippen molar-refractivity contribution in [1.29, 1.82) is 0 Å². The van der Waals surface area contributed by atoms with Gasteiger partial charge in [0.25, 0.3) is 0 Å². The molecule has 3 rings (SSSR count). The monoisotopic (exact) mass is 314 g/mol. The second kappa shape index (κ2) is 6.92. The average molecular weight is 315 g/mol. The smallest absolute Gasteiger partial charge is 0.230 e. The van der Waals surface area contributed by atoms with Gasteiger partial charge in [-0.2, -0.15) is 0 Å². The fourth-order valence-corrected chi connectivity index (χ4v) is 4.50. The molecule has 1 saturated heterocycles. The van der Waals surface area contributed by atoms with Gasteiger partial charge in [0.1, 0.15) is 0 Å². The molecule has 3 nitrogen and oxygen atoms in total. The predicted molar refractivity (Wildman–Crippen MR) is 85.9 cm³/mol. The lowest BCUT2D eigenvalue weighted by Crippen LogP contribution is -2.43. The third kappa shape index (κ3) is 2.87. The summed E-state index contributed by atoms with van der Waals surface area (Å²) in [6.45, 7) is 1.87. The standard InChI is InChI=1S/C15H22N2OS.ClH/c1-16-10-11-4-3-8-17(11)15(18)13-5-2-6-14-12(13)7-9-19-14;/h7,9,11,13,16H,2-6,8,10H2,1H3;1H. The van der Waals surface area contributed by atoms with Crippen LogP contribution in [-0.2, 0) is 11.2 Å². The molecule has 20 heavy (non-hydrogen) atoms. The van der Waals surface area contributed by atoms with Gasteiger partial charge in [-0.15, -0.1) is 23.7 Å². The number of carbonyl (C=O) groups excluding carboxylic acids is 1. The molecule has 0 bridgehead atoms. The number of likely N-dealkylation sites (N-methyl/N-ethyl adjacent to an activating group) is 1. The molecule has 1 aromatic rings. The number of hydrogen-bond acceptors (Lipinski definition) is 3. The van der Waals surface area contributed by atoms with Crippen LogP contribution < -0.4 is 5.32 Å². The van der Waals surface area contributed by atoms with Crippen LogP contribution in [0.15, 0.2) is 11.4 Å². The zero-order valence-electron chi connectivity index (χ0n) is 11.9. The predicted octanol–water partition coefficient (Wildman–Crippen LogP) is 2.80. The quantitative estimate of drug-likeness (QED) is 0.930. The van der Waals surface area contributed by atoms with E-state index >= 15 is 0 Å². The van der Waals surface area contributed by atoms with Gasteiger partial charge in [-0.3, -0.25) is 4.79 Å². The van der Waals surface area contributed by atoms with Gasteiger partial charge in [0.15, 0.2) is 0 Å². The van der Waals surface area contributed by atoms with Crippen molar-refractivity contribution in [2.24, 2.45) is 0 Å². The van der Waals surface area contributed by atoms with Crippen molar-refractivity contribution in [3.05, 3.63) is 21.9 Å². The zero-order valence-corrected chi connectivity index (χ0v) is 13.6. The molecule has 2 aliphatic rings. The Morgan fingerprint density at radius 2 is 2.30 bits per heavy atom. The summed E-state index contributed by atoms with van der Waals surface area (Å²) >= 11 is 1.82. The minimum absolute atomic E-state index is 0. The van der Waals surface area contributed by atoms with Crippen molar-refractivity contribution in [1.82, 2.24) is 10.2 Å². The molecule has 1 fully saturated rings. The van der Waals surface area contributed by atoms with Crippen LogP contribution in [0.3, 0.4) is 0 Å². The maximum atomic E-state index is 12.8. The third-order valence-corrected chi connectivity index (χ3v) is 5.45. The molecule has 1 N–H and O–H groups in total. The van der Waals surface area contributed by atoms with Crippen molar-refractivity contribution in [3.63, 3.8) is 0 Å². The van der Waals surface area contributed by atoms with E-state index in [1.807, 2.05) is 18.4 Å². The van der Waals surface area contributed by atoms with Gasteiger partial charge in [0, 0.05) is 24.0 Å². The van der Waals surface area contributed by atoms with Crippen LogP contribution in [0.25, 0.3) is 0 Å². The van der Waals surface area contributed by atoms with Crippen LogP contribution in [0.1, 0.15) is 42.0 Å². The van der Waals surface area contributed by atoms with E-state index in [0.717, 1.165) is 45.2 Å². The lowest BCUT2D eigenvalue weighted by atomic mass is 9.86. The van der Waals surface area contributed by atoms with Crippen LogP contribution in [0.5, 0.6) is 0 Å². The highest BCUT2D eigenvalue weighted by atomic mass is 35.5. The van der Waals surface area contributed by atoms with Crippen LogP contribution in [-0.4, -0.2) is 37.0 Å². The average Bonchev–Trinajstić information content (AvgIpc) is 3.06. The fraction of sp³-hybridized carbons (Fsp3) is 0.667. The molecule has 1 aliphatic heterocycles. The summed E-state index contributed by atoms with van der Waals surface area (Å²) in [5.41, 5.74) is 1.32. The van der Waals surface area contributed by atoms with E-state index in [4.69, 9.17) is 0 Å². The van der Waals surface area contributed by atoms with E-state index in [2.05, 4.69) is 21.7 Å². The van der Waals surface area contributed by atoms with E-state index in [1.54, 1.807) is 0 Å². The van der Waals surface area contributed by atoms with Crippen molar-refractivity contribution in [3.8, 4) is 0 Å². The summed E-state index contributed by atoms with van der Waals surface area (Å²) in [4.78, 5) is 16.4. The highest BCUT2D eigenvalue weighted by Gasteiger charge is 2.35. The summed E-state index contributed by atoms with van der Waals surface area (Å²) in [7, 11) is 1.97. The molecule has 1 aromatic heterocycles. The fourth-order valence-electron chi connectivity index (χ4n) is 3.52. The van der Waals surface area contributed by atoms with Crippen LogP contribution >= 0.6 is 23.7 Å². The topological polar surface area (TPSA) is 32.3 Å². The van der Waals surface area contributed by atoms with Gasteiger partial charge >= 0.3 is 0 Å². The summed E-state index contributed by atoms with van der Waals surface area (Å²) < 4.78 is 0. The van der Waals surface area contributed by atoms with E-state index in [-0.39, 0.29) is 18.3 Å². The molecule has 0 radical (unpaired) electrons. The van der Waals surface area contributed by atoms with Gasteiger partial charge in [-0.25, -0.2) is 0 Å². The zero-order chi connectivity index (χ0) is 13.2. The number of rotatable bonds is 3. The van der Waals surface area contributed by atoms with Crippen LogP contribution in [0.4, 0.5) is 0 Å². The summed E-state index contributed by atoms with van der Waals surface area (Å²) in [5, 5.41) is 5.36. The van der Waals surface area contributed by atoms with Gasteiger partial charge in [0.05, 0.1) is 5.92 Å². The summed E-state index contributed by atoms with van der Waals surface area (Å²) in [6.07, 6.45) is 5.66. The Balaban J connectivity index is 0.00000147. The summed E-state index contributed by atoms with van der Waals surface area (Å²) in [5.74, 6) is 0.504. The Kier molecular flexibility index (Phi) is 5.47. The normalized spacial score (nSPS) is 25.1. The molecule has 2 heterocycles. The molecular formula is C15H23ClN2OS. The molecule has 0 spiro atoms. The van der Waals surface area contributed by atoms with Gasteiger partial charge in [0.2, 0.25) is 5.91 Å². The van der Waals surface area contributed by atoms with E-state index in [9.17, 15) is 4.79 Å². The number of aryl methyl sites for hydroxylation is 1. The largest absolute Gasteiger partial charge is 0.338 e. The number of hydrogen-bond donors (Lipinski definition) is 1. The number of nitrogens with zero attached hydrogens (tertiary/aromatic N) is 1. The van der Waals surface area contributed by atoms with E-state index in [0.29, 0.717) is 11.9 Å².